The molecular formula is C89H118N16O25S4. The van der Waals surface area contributed by atoms with Crippen LogP contribution >= 0.6 is 0 Å². The zero-order valence-electron chi connectivity index (χ0n) is 74.6. The number of hydrogen-bond acceptors (Lipinski definition) is 24. The molecule has 45 heteroatoms. The summed E-state index contributed by atoms with van der Waals surface area (Å²) >= 11 is 0. The predicted molar refractivity (Wildman–Crippen MR) is 492 cm³/mol. The third-order valence-electron chi connectivity index (χ3n) is 23.2. The lowest BCUT2D eigenvalue weighted by Crippen LogP contribution is -2.60. The van der Waals surface area contributed by atoms with Gasteiger partial charge < -0.3 is 89.7 Å². The number of carbonyl (C=O) groups excluding carboxylic acids is 11. The van der Waals surface area contributed by atoms with Gasteiger partial charge in [0.15, 0.2) is 11.7 Å². The monoisotopic (exact) mass is 1940 g/mol. The van der Waals surface area contributed by atoms with Gasteiger partial charge in [-0.1, -0.05) is 93.1 Å². The van der Waals surface area contributed by atoms with Gasteiger partial charge in [-0.3, -0.25) is 71.8 Å². The minimum atomic E-state index is -4.89. The van der Waals surface area contributed by atoms with E-state index in [2.05, 4.69) is 42.5 Å². The number of fused-ring (bicyclic) bond motifs is 2. The summed E-state index contributed by atoms with van der Waals surface area (Å²) in [5, 5.41) is 38.6. The molecule has 3 heterocycles. The van der Waals surface area contributed by atoms with Crippen molar-refractivity contribution in [2.45, 2.75) is 212 Å². The van der Waals surface area contributed by atoms with Gasteiger partial charge in [0.2, 0.25) is 70.7 Å². The molecule has 21 N–H and O–H groups in total. The molecule has 0 radical (unpaired) electrons. The smallest absolute Gasteiger partial charge is 0.294 e. The van der Waals surface area contributed by atoms with Crippen molar-refractivity contribution in [2.24, 2.45) is 22.9 Å². The van der Waals surface area contributed by atoms with Crippen molar-refractivity contribution in [3.8, 4) is 11.5 Å². The van der Waals surface area contributed by atoms with Crippen LogP contribution in [-0.2, 0) is 123 Å². The Labute approximate surface area is 777 Å². The van der Waals surface area contributed by atoms with Crippen molar-refractivity contribution in [1.82, 2.24) is 47.4 Å². The molecule has 11 amide bonds. The molecule has 8 atom stereocenters. The van der Waals surface area contributed by atoms with Crippen LogP contribution in [0.3, 0.4) is 0 Å². The van der Waals surface area contributed by atoms with Crippen molar-refractivity contribution < 1.29 is 119 Å². The molecule has 8 rings (SSSR count). The largest absolute Gasteiger partial charge is 0.744 e. The lowest BCUT2D eigenvalue weighted by atomic mass is 9.75. The fourth-order valence-electron chi connectivity index (χ4n) is 16.3. The van der Waals surface area contributed by atoms with E-state index < -0.39 is 199 Å². The van der Waals surface area contributed by atoms with Gasteiger partial charge in [-0.2, -0.15) is 29.8 Å². The molecule has 5 aromatic carbocycles. The molecule has 728 valence electrons. The van der Waals surface area contributed by atoms with Crippen LogP contribution in [0.2, 0.25) is 0 Å². The van der Waals surface area contributed by atoms with E-state index in [4.69, 9.17) is 33.1 Å². The molecule has 0 aliphatic carbocycles. The fourth-order valence-corrected chi connectivity index (χ4v) is 18.3. The molecular weight excluding hydrogens is 1820 g/mol. The van der Waals surface area contributed by atoms with E-state index in [1.807, 2.05) is 0 Å². The molecule has 5 aromatic rings. The number of benzene rings is 5. The van der Waals surface area contributed by atoms with Gasteiger partial charge >= 0.3 is 0 Å². The molecule has 0 saturated carbocycles. The minimum absolute atomic E-state index is 0.0138. The van der Waals surface area contributed by atoms with Gasteiger partial charge in [-0.25, -0.2) is 8.42 Å². The number of ether oxygens (including phenoxy) is 1. The number of guanidine groups is 1. The Morgan fingerprint density at radius 3 is 1.80 bits per heavy atom. The summed E-state index contributed by atoms with van der Waals surface area (Å²) in [4.78, 5) is 155. The maximum Gasteiger partial charge on any atom is 0.294 e. The molecule has 1 unspecified atom stereocenters. The van der Waals surface area contributed by atoms with Gasteiger partial charge in [-0.05, 0) is 167 Å². The number of primary amides is 3. The van der Waals surface area contributed by atoms with Crippen molar-refractivity contribution in [1.29, 1.82) is 5.41 Å². The molecule has 0 bridgehead atoms. The zero-order valence-corrected chi connectivity index (χ0v) is 77.9. The van der Waals surface area contributed by atoms with E-state index in [1.54, 1.807) is 127 Å². The lowest BCUT2D eigenvalue weighted by molar-refractivity contribution is -0.437. The van der Waals surface area contributed by atoms with Crippen molar-refractivity contribution >= 4 is 128 Å². The highest BCUT2D eigenvalue weighted by Crippen LogP contribution is 2.49. The molecule has 1 saturated heterocycles. The van der Waals surface area contributed by atoms with Crippen molar-refractivity contribution in [3.63, 3.8) is 0 Å². The second kappa shape index (κ2) is 48.4. The average molecular weight is 1940 g/mol. The Balaban J connectivity index is 0.907. The number of allylic oxidation sites excluding steroid dienone is 6. The number of anilines is 1. The van der Waals surface area contributed by atoms with E-state index in [-0.39, 0.29) is 147 Å². The first-order valence-electron chi connectivity index (χ1n) is 43.4. The topological polar surface area (TPSA) is 671 Å². The summed E-state index contributed by atoms with van der Waals surface area (Å²) in [7, 11) is -17.1. The Hall–Kier alpha value is -12.5. The molecule has 3 aliphatic heterocycles. The van der Waals surface area contributed by atoms with Gasteiger partial charge in [-0.15, -0.1) is 0 Å². The maximum atomic E-state index is 14.9. The fraction of sp³-hybridized carbons (Fsp3) is 0.449. The molecule has 0 spiro atoms. The van der Waals surface area contributed by atoms with Crippen molar-refractivity contribution in [2.75, 3.05) is 56.2 Å². The SMILES string of the molecule is COc1ccc(C[C@@H](NC(=O)CCc2ccc(O)cc2)C(=O)N[C@@H](Cc2ccccc2)C(=O)N[C@@H](CCC(N)=O)C(=O)N[C@@H](CC(N)=O)C(=O)N[C@@H](CCCNC(=N)N)C(=O)N2CCC[C@H]2C(=O)N[C@@H](CCCCNC(=O)CCCCC2(C)C(/C=C/C=C/C=C3\N(CCCS(=O)(=O)O)c4ccc(S(=O)(=O)[O-])cc4C3(C)C)=[N+](CCCS(=O)(=O)O)c3ccc(S(=O)(=O)O)cc32)C(N)=O)cc1. The first-order valence-corrected chi connectivity index (χ1v) is 49.5. The summed E-state index contributed by atoms with van der Waals surface area (Å²) in [6.45, 7) is 5.39. The van der Waals surface area contributed by atoms with Gasteiger partial charge in [0.05, 0.1) is 40.2 Å². The highest BCUT2D eigenvalue weighted by atomic mass is 32.2. The van der Waals surface area contributed by atoms with E-state index in [9.17, 15) is 110 Å². The Bertz CT molecular complexity index is 5740. The number of rotatable bonds is 53. The second-order valence-corrected chi connectivity index (χ2v) is 39.6. The number of aryl methyl sites for hydroxylation is 1. The standard InChI is InChI=1S/C89H118N16O25S4/c1-88(2)63-53-61(133(124,125)126)36-39-71(63)103(47-17-49-131(118,119)120)74(88)24-9-6-10-25-75-89(3,64-54-62(134(127,128)129)37-40-72(64)104(75)48-18-50-132(121,122)123)43-13-11-26-78(109)95-44-14-12-21-65(80(92)111)98-85(116)73-23-16-46-105(73)86(117)67(22-15-45-96-87(93)94)100-84(115)70(55-77(91)108)102-81(112)66(38-41-76(90)107)99-83(114)69(51-57-19-7-5-8-20-57)101-82(113)68(52-58-29-34-60(130-4)35-30-58)97-79(110)42-31-56-27-32-59(106)33-28-56/h5-10,19-20,24-25,27-30,32-37,39-40,53-54,65-70,73H,11-18,21-23,26,31,38,41-52,55H2,1-4H3,(H21-,90,91,92,93,94,95,96,97,98,99,100,101,102,106,107,108,109,110,111,112,113,114,115,116,118,119,120,121,122,123,124,125,126,127,128,129)/t65-,66-,67-,68+,69-,70-,73-,89?/m0/s1. The first-order chi connectivity index (χ1) is 63.0. The number of nitrogens with zero attached hydrogens (tertiary/aromatic N) is 3. The van der Waals surface area contributed by atoms with Crippen molar-refractivity contribution in [3.05, 3.63) is 179 Å². The minimum Gasteiger partial charge on any atom is -0.744 e. The Morgan fingerprint density at radius 2 is 1.17 bits per heavy atom. The number of methoxy groups -OCH3 is 1. The number of unbranched alkanes of at least 4 members (excludes halogenated alkanes) is 2. The van der Waals surface area contributed by atoms with Crippen LogP contribution in [0.1, 0.15) is 158 Å². The number of nitrogens with two attached hydrogens (primary N) is 4. The Morgan fingerprint density at radius 1 is 0.582 bits per heavy atom. The third kappa shape index (κ3) is 32.1. The zero-order chi connectivity index (χ0) is 98.6. The van der Waals surface area contributed by atoms with Gasteiger partial charge in [0, 0.05) is 99.2 Å². The second-order valence-electron chi connectivity index (χ2n) is 33.6. The number of aromatic hydroxyl groups is 1. The van der Waals surface area contributed by atoms with E-state index >= 15 is 0 Å². The molecule has 0 aromatic heterocycles. The van der Waals surface area contributed by atoms with Crippen LogP contribution in [0.4, 0.5) is 11.4 Å². The predicted octanol–water partition coefficient (Wildman–Crippen LogP) is 2.01. The number of phenols is 1. The number of likely N-dealkylation sites (tertiary alicyclic amines) is 1. The summed E-state index contributed by atoms with van der Waals surface area (Å²) < 4.78 is 146. The van der Waals surface area contributed by atoms with E-state index in [0.717, 1.165) is 6.07 Å². The average Bonchev–Trinajstić information content (AvgIpc) is 1.58. The summed E-state index contributed by atoms with van der Waals surface area (Å²) in [6.07, 6.45) is 7.39. The summed E-state index contributed by atoms with van der Waals surface area (Å²) in [6, 6.07) is 18.4. The maximum absolute atomic E-state index is 14.9. The van der Waals surface area contributed by atoms with E-state index in [0.29, 0.717) is 62.8 Å². The first kappa shape index (κ1) is 107. The van der Waals surface area contributed by atoms with Crippen LogP contribution in [0.15, 0.2) is 161 Å². The highest BCUT2D eigenvalue weighted by Gasteiger charge is 2.49. The summed E-state index contributed by atoms with van der Waals surface area (Å²) in [5.41, 5.74) is 25.2. The quantitative estimate of drug-likeness (QED) is 0.00661. The normalized spacial score (nSPS) is 17.0. The molecule has 41 nitrogen and oxygen atoms in total. The lowest BCUT2D eigenvalue weighted by Gasteiger charge is -2.31. The highest BCUT2D eigenvalue weighted by molar-refractivity contribution is 7.86. The van der Waals surface area contributed by atoms with E-state index in [1.165, 1.54) is 54.5 Å². The molecule has 1 fully saturated rings. The van der Waals surface area contributed by atoms with Crippen LogP contribution in [0.25, 0.3) is 0 Å². The number of nitrogens with one attached hydrogen (secondary N) is 9. The van der Waals surface area contributed by atoms with Crippen LogP contribution in [-0.4, -0.2) is 237 Å². The molecule has 134 heavy (non-hydrogen) atoms. The number of phenolic OH excluding ortho intramolecular Hbond substituents is 1. The third-order valence-corrected chi connectivity index (χ3v) is 26.5. The number of hydrogen-bond donors (Lipinski definition) is 17. The van der Waals surface area contributed by atoms with Crippen LogP contribution in [0, 0.1) is 5.41 Å². The number of carbonyl (C=O) groups is 11. The Kier molecular flexibility index (Phi) is 38.6. The molecule has 3 aliphatic rings. The van der Waals surface area contributed by atoms with Gasteiger partial charge in [0.25, 0.3) is 30.4 Å². The summed E-state index contributed by atoms with van der Waals surface area (Å²) in [5.74, 6) is -10.8. The van der Waals surface area contributed by atoms with Crippen LogP contribution < -0.4 is 75.1 Å². The number of amides is 11. The van der Waals surface area contributed by atoms with Gasteiger partial charge in [0.1, 0.15) is 70.5 Å². The van der Waals surface area contributed by atoms with Crippen LogP contribution in [0.5, 0.6) is 11.5 Å².